The summed E-state index contributed by atoms with van der Waals surface area (Å²) in [5.41, 5.74) is 0.966. The summed E-state index contributed by atoms with van der Waals surface area (Å²) in [6, 6.07) is 6.40. The lowest BCUT2D eigenvalue weighted by Gasteiger charge is -2.33. The third kappa shape index (κ3) is 3.25. The van der Waals surface area contributed by atoms with Crippen molar-refractivity contribution in [3.63, 3.8) is 0 Å². The normalized spacial score (nSPS) is 27.5. The van der Waals surface area contributed by atoms with Crippen molar-refractivity contribution in [3.05, 3.63) is 33.8 Å². The molecule has 0 bridgehead atoms. The molecule has 0 aromatic heterocycles. The first-order valence-corrected chi connectivity index (χ1v) is 7.80. The molecule has 2 aliphatic rings. The van der Waals surface area contributed by atoms with Gasteiger partial charge in [-0.3, -0.25) is 0 Å². The maximum absolute atomic E-state index is 6.32. The minimum absolute atomic E-state index is 0.0289. The Morgan fingerprint density at radius 1 is 1.16 bits per heavy atom. The Bertz CT molecular complexity index is 428. The molecular weight excluding hydrogens is 281 g/mol. The average molecular weight is 300 g/mol. The number of rotatable bonds is 4. The molecule has 0 spiro atoms. The van der Waals surface area contributed by atoms with Crippen molar-refractivity contribution in [3.8, 4) is 0 Å². The highest BCUT2D eigenvalue weighted by molar-refractivity contribution is 6.36. The van der Waals surface area contributed by atoms with Crippen LogP contribution in [0.4, 0.5) is 0 Å². The van der Waals surface area contributed by atoms with E-state index in [-0.39, 0.29) is 6.10 Å². The second-order valence-corrected chi connectivity index (χ2v) is 6.33. The predicted molar refractivity (Wildman–Crippen MR) is 78.9 cm³/mol. The second kappa shape index (κ2) is 6.01. The minimum Gasteiger partial charge on any atom is -0.373 e. The minimum atomic E-state index is 0.0289. The first-order chi connectivity index (χ1) is 9.25. The first-order valence-electron chi connectivity index (χ1n) is 7.04. The lowest BCUT2D eigenvalue weighted by molar-refractivity contribution is -0.0277. The number of halogens is 2. The van der Waals surface area contributed by atoms with E-state index < -0.39 is 0 Å². The van der Waals surface area contributed by atoms with Gasteiger partial charge in [0.2, 0.25) is 0 Å². The van der Waals surface area contributed by atoms with E-state index in [1.807, 2.05) is 18.2 Å². The molecule has 19 heavy (non-hydrogen) atoms. The highest BCUT2D eigenvalue weighted by Crippen LogP contribution is 2.40. The van der Waals surface area contributed by atoms with E-state index in [0.717, 1.165) is 41.2 Å². The average Bonchev–Trinajstić information content (AvgIpc) is 3.21. The third-order valence-corrected chi connectivity index (χ3v) is 4.63. The Hall–Kier alpha value is -0.280. The van der Waals surface area contributed by atoms with Gasteiger partial charge in [0.05, 0.1) is 6.10 Å². The molecular formula is C15H19Cl2NO. The van der Waals surface area contributed by atoms with Crippen molar-refractivity contribution in [1.82, 2.24) is 5.32 Å². The van der Waals surface area contributed by atoms with Crippen LogP contribution in [0.1, 0.15) is 37.4 Å². The fraction of sp³-hybridized carbons (Fsp3) is 0.600. The van der Waals surface area contributed by atoms with Crippen LogP contribution >= 0.6 is 23.2 Å². The standard InChI is InChI=1S/C15H19Cl2NO/c16-12-4-1-5-13(17)14(12)15-10(3-2-8-19-15)9-18-11-6-7-11/h1,4-5,10-11,15,18H,2-3,6-9H2. The van der Waals surface area contributed by atoms with Gasteiger partial charge in [-0.05, 0) is 37.8 Å². The van der Waals surface area contributed by atoms with Gasteiger partial charge in [-0.15, -0.1) is 0 Å². The summed E-state index contributed by atoms with van der Waals surface area (Å²) >= 11 is 12.6. The Morgan fingerprint density at radius 2 is 1.89 bits per heavy atom. The molecule has 1 saturated heterocycles. The van der Waals surface area contributed by atoms with Crippen LogP contribution in [0.3, 0.4) is 0 Å². The maximum atomic E-state index is 6.32. The highest BCUT2D eigenvalue weighted by Gasteiger charge is 2.32. The molecule has 1 N–H and O–H groups in total. The molecule has 1 aromatic rings. The quantitative estimate of drug-likeness (QED) is 0.899. The molecule has 4 heteroatoms. The molecule has 1 saturated carbocycles. The number of hydrogen-bond acceptors (Lipinski definition) is 2. The van der Waals surface area contributed by atoms with Crippen LogP contribution in [0.15, 0.2) is 18.2 Å². The molecule has 0 amide bonds. The van der Waals surface area contributed by atoms with Crippen LogP contribution in [-0.2, 0) is 4.74 Å². The van der Waals surface area contributed by atoms with Crippen molar-refractivity contribution < 1.29 is 4.74 Å². The fourth-order valence-corrected chi connectivity index (χ4v) is 3.37. The Morgan fingerprint density at radius 3 is 2.58 bits per heavy atom. The van der Waals surface area contributed by atoms with Crippen LogP contribution < -0.4 is 5.32 Å². The molecule has 1 heterocycles. The van der Waals surface area contributed by atoms with E-state index in [1.54, 1.807) is 0 Å². The zero-order chi connectivity index (χ0) is 13.2. The largest absolute Gasteiger partial charge is 0.373 e. The van der Waals surface area contributed by atoms with Crippen molar-refractivity contribution >= 4 is 23.2 Å². The van der Waals surface area contributed by atoms with Gasteiger partial charge in [-0.1, -0.05) is 29.3 Å². The van der Waals surface area contributed by atoms with E-state index in [1.165, 1.54) is 19.3 Å². The lowest BCUT2D eigenvalue weighted by atomic mass is 9.89. The second-order valence-electron chi connectivity index (χ2n) is 5.51. The van der Waals surface area contributed by atoms with Crippen LogP contribution in [0, 0.1) is 5.92 Å². The molecule has 1 aliphatic carbocycles. The van der Waals surface area contributed by atoms with Crippen LogP contribution in [0.5, 0.6) is 0 Å². The lowest BCUT2D eigenvalue weighted by Crippen LogP contribution is -2.33. The Kier molecular flexibility index (Phi) is 4.33. The molecule has 2 unspecified atom stereocenters. The van der Waals surface area contributed by atoms with E-state index in [9.17, 15) is 0 Å². The summed E-state index contributed by atoms with van der Waals surface area (Å²) in [5, 5.41) is 5.04. The maximum Gasteiger partial charge on any atom is 0.0894 e. The zero-order valence-electron chi connectivity index (χ0n) is 10.9. The van der Waals surface area contributed by atoms with Gasteiger partial charge in [0.1, 0.15) is 0 Å². The summed E-state index contributed by atoms with van der Waals surface area (Å²) < 4.78 is 5.98. The number of ether oxygens (including phenoxy) is 1. The van der Waals surface area contributed by atoms with Crippen molar-refractivity contribution in [2.45, 2.75) is 37.8 Å². The van der Waals surface area contributed by atoms with Crippen molar-refractivity contribution in [2.24, 2.45) is 5.92 Å². The summed E-state index contributed by atoms with van der Waals surface area (Å²) in [7, 11) is 0. The van der Waals surface area contributed by atoms with Crippen molar-refractivity contribution in [1.29, 1.82) is 0 Å². The van der Waals surface area contributed by atoms with Crippen LogP contribution in [0.25, 0.3) is 0 Å². The van der Waals surface area contributed by atoms with Gasteiger partial charge in [0, 0.05) is 40.7 Å². The molecule has 104 valence electrons. The molecule has 1 aliphatic heterocycles. The summed E-state index contributed by atoms with van der Waals surface area (Å²) in [5.74, 6) is 0.465. The smallest absolute Gasteiger partial charge is 0.0894 e. The van der Waals surface area contributed by atoms with E-state index >= 15 is 0 Å². The molecule has 2 nitrogen and oxygen atoms in total. The summed E-state index contributed by atoms with van der Waals surface area (Å²) in [4.78, 5) is 0. The Labute approximate surface area is 124 Å². The highest BCUT2D eigenvalue weighted by atomic mass is 35.5. The van der Waals surface area contributed by atoms with Crippen LogP contribution in [-0.4, -0.2) is 19.2 Å². The van der Waals surface area contributed by atoms with E-state index in [2.05, 4.69) is 5.32 Å². The monoisotopic (exact) mass is 299 g/mol. The molecule has 3 rings (SSSR count). The van der Waals surface area contributed by atoms with Crippen molar-refractivity contribution in [2.75, 3.05) is 13.2 Å². The number of nitrogens with one attached hydrogen (secondary N) is 1. The number of benzene rings is 1. The molecule has 2 atom stereocenters. The van der Waals surface area contributed by atoms with Gasteiger partial charge in [-0.2, -0.15) is 0 Å². The zero-order valence-corrected chi connectivity index (χ0v) is 12.4. The van der Waals surface area contributed by atoms with Gasteiger partial charge in [0.25, 0.3) is 0 Å². The molecule has 2 fully saturated rings. The Balaban J connectivity index is 1.78. The number of hydrogen-bond donors (Lipinski definition) is 1. The van der Waals surface area contributed by atoms with Crippen LogP contribution in [0.2, 0.25) is 10.0 Å². The van der Waals surface area contributed by atoms with Gasteiger partial charge in [0.15, 0.2) is 0 Å². The fourth-order valence-electron chi connectivity index (χ4n) is 2.76. The first kappa shape index (κ1) is 13.7. The van der Waals surface area contributed by atoms with Gasteiger partial charge >= 0.3 is 0 Å². The topological polar surface area (TPSA) is 21.3 Å². The SMILES string of the molecule is Clc1cccc(Cl)c1C1OCCCC1CNC1CC1. The van der Waals surface area contributed by atoms with E-state index in [0.29, 0.717) is 5.92 Å². The van der Waals surface area contributed by atoms with E-state index in [4.69, 9.17) is 27.9 Å². The summed E-state index contributed by atoms with van der Waals surface area (Å²) in [6.07, 6.45) is 4.94. The molecule has 0 radical (unpaired) electrons. The summed E-state index contributed by atoms with van der Waals surface area (Å²) in [6.45, 7) is 1.79. The third-order valence-electron chi connectivity index (χ3n) is 3.98. The van der Waals surface area contributed by atoms with Gasteiger partial charge < -0.3 is 10.1 Å². The predicted octanol–water partition coefficient (Wildman–Crippen LogP) is 4.21. The van der Waals surface area contributed by atoms with Gasteiger partial charge in [-0.25, -0.2) is 0 Å². The molecule has 1 aromatic carbocycles.